The Kier molecular flexibility index (Phi) is 2.34. The van der Waals surface area contributed by atoms with Gasteiger partial charge in [0.1, 0.15) is 22.9 Å². The van der Waals surface area contributed by atoms with E-state index in [9.17, 15) is 4.79 Å². The van der Waals surface area contributed by atoms with E-state index in [1.54, 1.807) is 6.07 Å². The van der Waals surface area contributed by atoms with Gasteiger partial charge in [0, 0.05) is 16.8 Å². The van der Waals surface area contributed by atoms with Crippen molar-refractivity contribution in [3.63, 3.8) is 0 Å². The molecule has 5 nitrogen and oxygen atoms in total. The lowest BCUT2D eigenvalue weighted by Gasteiger charge is -2.18. The zero-order valence-electron chi connectivity index (χ0n) is 10.3. The number of pyridine rings is 1. The van der Waals surface area contributed by atoms with E-state index in [0.29, 0.717) is 34.4 Å². The van der Waals surface area contributed by atoms with Crippen molar-refractivity contribution in [2.24, 2.45) is 0 Å². The van der Waals surface area contributed by atoms with Gasteiger partial charge in [-0.2, -0.15) is 0 Å². The van der Waals surface area contributed by atoms with Crippen molar-refractivity contribution in [2.45, 2.75) is 0 Å². The molecule has 20 heavy (non-hydrogen) atoms. The first-order valence-electron chi connectivity index (χ1n) is 6.08. The van der Waals surface area contributed by atoms with E-state index in [1.165, 1.54) is 11.3 Å². The van der Waals surface area contributed by atoms with Crippen LogP contribution in [0.25, 0.3) is 21.1 Å². The van der Waals surface area contributed by atoms with Crippen LogP contribution in [-0.4, -0.2) is 29.3 Å². The van der Waals surface area contributed by atoms with E-state index in [4.69, 9.17) is 14.6 Å². The van der Waals surface area contributed by atoms with Crippen molar-refractivity contribution >= 4 is 38.4 Å². The van der Waals surface area contributed by atoms with Gasteiger partial charge in [0.25, 0.3) is 0 Å². The third-order valence-corrected chi connectivity index (χ3v) is 4.21. The second kappa shape index (κ2) is 4.08. The number of hydrogen-bond donors (Lipinski definition) is 1. The average molecular weight is 287 g/mol. The molecule has 0 unspecified atom stereocenters. The van der Waals surface area contributed by atoms with Crippen LogP contribution in [0.3, 0.4) is 0 Å². The number of benzene rings is 1. The number of fused-ring (bicyclic) bond motifs is 3. The first-order valence-corrected chi connectivity index (χ1v) is 6.89. The monoisotopic (exact) mass is 287 g/mol. The minimum atomic E-state index is -0.928. The molecule has 0 bridgehead atoms. The minimum Gasteiger partial charge on any atom is -0.486 e. The lowest BCUT2D eigenvalue weighted by atomic mass is 10.1. The van der Waals surface area contributed by atoms with Gasteiger partial charge in [0.15, 0.2) is 11.5 Å². The number of hydrogen-bond acceptors (Lipinski definition) is 5. The number of rotatable bonds is 1. The predicted molar refractivity (Wildman–Crippen MR) is 75.1 cm³/mol. The zero-order valence-corrected chi connectivity index (χ0v) is 11.1. The zero-order chi connectivity index (χ0) is 13.7. The fourth-order valence-corrected chi connectivity index (χ4v) is 3.14. The Morgan fingerprint density at radius 1 is 1.10 bits per heavy atom. The van der Waals surface area contributed by atoms with Crippen LogP contribution in [-0.2, 0) is 0 Å². The van der Waals surface area contributed by atoms with E-state index in [-0.39, 0.29) is 0 Å². The van der Waals surface area contributed by atoms with Gasteiger partial charge in [-0.15, -0.1) is 11.3 Å². The maximum Gasteiger partial charge on any atom is 0.345 e. The molecule has 0 amide bonds. The maximum atomic E-state index is 11.0. The maximum absolute atomic E-state index is 11.0. The molecule has 1 aliphatic rings. The lowest BCUT2D eigenvalue weighted by Crippen LogP contribution is -2.15. The standard InChI is InChI=1S/C14H9NO4S/c16-14(17)12-5-8-3-7-4-10-11(19-2-1-18-10)6-9(7)15-13(8)20-12/h3-6H,1-2H2,(H,16,17). The topological polar surface area (TPSA) is 68.7 Å². The minimum absolute atomic E-state index is 0.292. The average Bonchev–Trinajstić information content (AvgIpc) is 2.85. The highest BCUT2D eigenvalue weighted by molar-refractivity contribution is 7.20. The number of carbonyl (C=O) groups is 1. The Hall–Kier alpha value is -2.34. The Labute approximate surface area is 117 Å². The van der Waals surface area contributed by atoms with Gasteiger partial charge in [-0.25, -0.2) is 9.78 Å². The van der Waals surface area contributed by atoms with Crippen molar-refractivity contribution in [2.75, 3.05) is 13.2 Å². The molecule has 1 N–H and O–H groups in total. The molecule has 0 saturated carbocycles. The van der Waals surface area contributed by atoms with Crippen molar-refractivity contribution in [3.8, 4) is 11.5 Å². The number of thiophene rings is 1. The summed E-state index contributed by atoms with van der Waals surface area (Å²) in [5, 5.41) is 10.8. The first-order chi connectivity index (χ1) is 9.70. The number of aromatic carboxylic acids is 1. The molecule has 0 aliphatic carbocycles. The molecule has 1 aliphatic heterocycles. The number of aromatic nitrogens is 1. The number of carboxylic acid groups (broad SMARTS) is 1. The molecule has 0 saturated heterocycles. The fraction of sp³-hybridized carbons (Fsp3) is 0.143. The molecule has 100 valence electrons. The van der Waals surface area contributed by atoms with Crippen molar-refractivity contribution in [1.29, 1.82) is 0 Å². The second-order valence-corrected chi connectivity index (χ2v) is 5.52. The molecular formula is C14H9NO4S. The number of carboxylic acids is 1. The molecular weight excluding hydrogens is 278 g/mol. The summed E-state index contributed by atoms with van der Waals surface area (Å²) in [4.78, 5) is 16.5. The molecule has 4 rings (SSSR count). The summed E-state index contributed by atoms with van der Waals surface area (Å²) in [5.41, 5.74) is 0.778. The van der Waals surface area contributed by atoms with Crippen molar-refractivity contribution < 1.29 is 19.4 Å². The van der Waals surface area contributed by atoms with Gasteiger partial charge in [-0.3, -0.25) is 0 Å². The Morgan fingerprint density at radius 2 is 1.85 bits per heavy atom. The Balaban J connectivity index is 1.98. The smallest absolute Gasteiger partial charge is 0.345 e. The van der Waals surface area contributed by atoms with Crippen LogP contribution in [0, 0.1) is 0 Å². The van der Waals surface area contributed by atoms with Crippen molar-refractivity contribution in [1.82, 2.24) is 4.98 Å². The van der Waals surface area contributed by atoms with E-state index in [0.717, 1.165) is 16.3 Å². The second-order valence-electron chi connectivity index (χ2n) is 4.49. The third-order valence-electron chi connectivity index (χ3n) is 3.18. The van der Waals surface area contributed by atoms with Gasteiger partial charge in [0.2, 0.25) is 0 Å². The lowest BCUT2D eigenvalue weighted by molar-refractivity contribution is 0.0702. The van der Waals surface area contributed by atoms with Crippen LogP contribution in [0.2, 0.25) is 0 Å². The predicted octanol–water partition coefficient (Wildman–Crippen LogP) is 2.92. The normalized spacial score (nSPS) is 13.8. The van der Waals surface area contributed by atoms with E-state index in [1.807, 2.05) is 18.2 Å². The highest BCUT2D eigenvalue weighted by Crippen LogP contribution is 2.36. The van der Waals surface area contributed by atoms with Gasteiger partial charge in [-0.05, 0) is 18.2 Å². The molecule has 0 spiro atoms. The molecule has 0 fully saturated rings. The largest absolute Gasteiger partial charge is 0.486 e. The van der Waals surface area contributed by atoms with E-state index >= 15 is 0 Å². The fourth-order valence-electron chi connectivity index (χ4n) is 2.27. The molecule has 0 atom stereocenters. The van der Waals surface area contributed by atoms with Gasteiger partial charge in [-0.1, -0.05) is 0 Å². The highest BCUT2D eigenvalue weighted by atomic mass is 32.1. The van der Waals surface area contributed by atoms with Gasteiger partial charge >= 0.3 is 5.97 Å². The van der Waals surface area contributed by atoms with Gasteiger partial charge in [0.05, 0.1) is 5.52 Å². The highest BCUT2D eigenvalue weighted by Gasteiger charge is 2.15. The number of ether oxygens (including phenoxy) is 2. The summed E-state index contributed by atoms with van der Waals surface area (Å²) in [7, 11) is 0. The third kappa shape index (κ3) is 1.69. The summed E-state index contributed by atoms with van der Waals surface area (Å²) in [6, 6.07) is 7.29. The van der Waals surface area contributed by atoms with Crippen LogP contribution in [0.15, 0.2) is 24.3 Å². The Morgan fingerprint density at radius 3 is 2.60 bits per heavy atom. The molecule has 2 aromatic heterocycles. The summed E-state index contributed by atoms with van der Waals surface area (Å²) < 4.78 is 11.1. The van der Waals surface area contributed by atoms with Crippen LogP contribution < -0.4 is 9.47 Å². The summed E-state index contributed by atoms with van der Waals surface area (Å²) in [6.45, 7) is 1.07. The van der Waals surface area contributed by atoms with Crippen LogP contribution in [0.4, 0.5) is 0 Å². The summed E-state index contributed by atoms with van der Waals surface area (Å²) in [5.74, 6) is 0.465. The van der Waals surface area contributed by atoms with Crippen molar-refractivity contribution in [3.05, 3.63) is 29.1 Å². The summed E-state index contributed by atoms with van der Waals surface area (Å²) in [6.07, 6.45) is 0. The Bertz CT molecular complexity index is 793. The van der Waals surface area contributed by atoms with Crippen LogP contribution >= 0.6 is 11.3 Å². The van der Waals surface area contributed by atoms with E-state index < -0.39 is 5.97 Å². The first kappa shape index (κ1) is 11.5. The quantitative estimate of drug-likeness (QED) is 0.745. The van der Waals surface area contributed by atoms with Gasteiger partial charge < -0.3 is 14.6 Å². The molecule has 3 aromatic rings. The van der Waals surface area contributed by atoms with Crippen LogP contribution in [0.5, 0.6) is 11.5 Å². The number of nitrogens with zero attached hydrogens (tertiary/aromatic N) is 1. The SMILES string of the molecule is O=C(O)c1cc2cc3cc4c(cc3nc2s1)OCCO4. The van der Waals surface area contributed by atoms with Crippen LogP contribution in [0.1, 0.15) is 9.67 Å². The summed E-state index contributed by atoms with van der Waals surface area (Å²) >= 11 is 1.17. The van der Waals surface area contributed by atoms with E-state index in [2.05, 4.69) is 4.98 Å². The molecule has 1 aromatic carbocycles. The molecule has 3 heterocycles. The molecule has 0 radical (unpaired) electrons. The molecule has 6 heteroatoms.